The van der Waals surface area contributed by atoms with Crippen molar-refractivity contribution in [2.24, 2.45) is 11.8 Å². The first kappa shape index (κ1) is 25.8. The van der Waals surface area contributed by atoms with Crippen LogP contribution in [0.3, 0.4) is 0 Å². The van der Waals surface area contributed by atoms with Crippen LogP contribution in [0.15, 0.2) is 12.2 Å². The van der Waals surface area contributed by atoms with Crippen LogP contribution in [0.25, 0.3) is 0 Å². The van der Waals surface area contributed by atoms with Gasteiger partial charge in [0.2, 0.25) is 0 Å². The molecule has 1 N–H and O–H groups in total. The van der Waals surface area contributed by atoms with Crippen molar-refractivity contribution < 1.29 is 28.8 Å². The van der Waals surface area contributed by atoms with Gasteiger partial charge in [-0.05, 0) is 51.9 Å². The molecule has 7 unspecified atom stereocenters. The second kappa shape index (κ2) is 13.2. The topological polar surface area (TPSA) is 74.2 Å². The van der Waals surface area contributed by atoms with Crippen LogP contribution in [0.4, 0.5) is 0 Å². The van der Waals surface area contributed by atoms with E-state index in [9.17, 15) is 9.90 Å². The lowest BCUT2D eigenvalue weighted by Gasteiger charge is -2.34. The van der Waals surface area contributed by atoms with Crippen LogP contribution in [0.5, 0.6) is 0 Å². The molecule has 0 amide bonds. The van der Waals surface area contributed by atoms with Crippen LogP contribution < -0.4 is 0 Å². The Morgan fingerprint density at radius 3 is 2.41 bits per heavy atom. The fourth-order valence-corrected chi connectivity index (χ4v) is 5.28. The Labute approximate surface area is 194 Å². The third kappa shape index (κ3) is 7.63. The molecule has 0 aromatic rings. The van der Waals surface area contributed by atoms with Gasteiger partial charge in [-0.1, -0.05) is 38.3 Å². The van der Waals surface area contributed by atoms with Gasteiger partial charge < -0.3 is 28.8 Å². The minimum atomic E-state index is -0.544. The molecule has 184 valence electrons. The number of carbonyl (C=O) groups excluding carboxylic acids is 1. The summed E-state index contributed by atoms with van der Waals surface area (Å²) in [4.78, 5) is 11.3. The molecule has 0 aromatic carbocycles. The molecule has 1 saturated carbocycles. The van der Waals surface area contributed by atoms with E-state index in [4.69, 9.17) is 18.9 Å². The third-order valence-corrected chi connectivity index (χ3v) is 7.21. The lowest BCUT2D eigenvalue weighted by atomic mass is 9.88. The molecular weight excluding hydrogens is 408 g/mol. The van der Waals surface area contributed by atoms with E-state index in [2.05, 4.69) is 26.0 Å². The van der Waals surface area contributed by atoms with E-state index in [0.29, 0.717) is 12.8 Å². The summed E-state index contributed by atoms with van der Waals surface area (Å²) < 4.78 is 24.5. The summed E-state index contributed by atoms with van der Waals surface area (Å²) in [7, 11) is 0. The molecule has 0 spiro atoms. The Balaban J connectivity index is 1.73. The van der Waals surface area contributed by atoms with Gasteiger partial charge in [-0.15, -0.1) is 0 Å². The van der Waals surface area contributed by atoms with Gasteiger partial charge in [0.05, 0.1) is 17.8 Å². The lowest BCUT2D eigenvalue weighted by molar-refractivity contribution is -0.208. The second-order valence-electron chi connectivity index (χ2n) is 9.96. The van der Waals surface area contributed by atoms with Crippen molar-refractivity contribution in [2.45, 2.75) is 121 Å². The molecule has 6 nitrogen and oxygen atoms in total. The smallest absolute Gasteiger partial charge is 0.158 e. The summed E-state index contributed by atoms with van der Waals surface area (Å²) in [6, 6.07) is 0. The molecule has 3 aliphatic rings. The quantitative estimate of drug-likeness (QED) is 0.257. The Kier molecular flexibility index (Phi) is 10.6. The highest BCUT2D eigenvalue weighted by Crippen LogP contribution is 2.39. The van der Waals surface area contributed by atoms with Crippen molar-refractivity contribution >= 4 is 6.29 Å². The Morgan fingerprint density at radius 1 is 1.06 bits per heavy atom. The standard InChI is InChI=1S/C26H44O6/c1-3-4-7-14-26(2,32-25-11-6-9-18-30-25)15-12-21-20(13-16-27)22(28)19-23(21)31-24-10-5-8-17-29-24/h12,15-16,20-25,28H,3-11,13-14,17-19H2,1-2H3. The molecule has 3 fully saturated rings. The summed E-state index contributed by atoms with van der Waals surface area (Å²) >= 11 is 0. The Bertz CT molecular complexity index is 569. The molecule has 0 radical (unpaired) electrons. The second-order valence-corrected chi connectivity index (χ2v) is 9.96. The maximum atomic E-state index is 11.3. The number of carbonyl (C=O) groups is 1. The predicted molar refractivity (Wildman–Crippen MR) is 123 cm³/mol. The molecule has 1 aliphatic carbocycles. The number of aliphatic hydroxyl groups is 1. The zero-order valence-electron chi connectivity index (χ0n) is 20.1. The minimum absolute atomic E-state index is 0.0397. The third-order valence-electron chi connectivity index (χ3n) is 7.21. The fraction of sp³-hybridized carbons (Fsp3) is 0.885. The highest BCUT2D eigenvalue weighted by Gasteiger charge is 2.43. The first-order valence-electron chi connectivity index (χ1n) is 12.9. The molecular formula is C26H44O6. The molecule has 0 aromatic heterocycles. The maximum Gasteiger partial charge on any atom is 0.158 e. The van der Waals surface area contributed by atoms with Crippen LogP contribution in [0.1, 0.15) is 90.9 Å². The summed E-state index contributed by atoms with van der Waals surface area (Å²) in [5.74, 6) is -0.176. The van der Waals surface area contributed by atoms with Crippen LogP contribution in [0.2, 0.25) is 0 Å². The number of unbranched alkanes of at least 4 members (excludes halogenated alkanes) is 2. The number of ether oxygens (including phenoxy) is 4. The van der Waals surface area contributed by atoms with Crippen molar-refractivity contribution in [3.05, 3.63) is 12.2 Å². The molecule has 6 heteroatoms. The Morgan fingerprint density at radius 2 is 1.78 bits per heavy atom. The number of hydrogen-bond acceptors (Lipinski definition) is 6. The highest BCUT2D eigenvalue weighted by molar-refractivity contribution is 5.50. The van der Waals surface area contributed by atoms with E-state index in [0.717, 1.165) is 77.3 Å². The highest BCUT2D eigenvalue weighted by atomic mass is 16.7. The predicted octanol–water partition coefficient (Wildman–Crippen LogP) is 4.92. The maximum absolute atomic E-state index is 11.3. The van der Waals surface area contributed by atoms with Gasteiger partial charge in [0.25, 0.3) is 0 Å². The molecule has 2 heterocycles. The van der Waals surface area contributed by atoms with Gasteiger partial charge in [-0.25, -0.2) is 0 Å². The number of aliphatic hydroxyl groups excluding tert-OH is 1. The van der Waals surface area contributed by atoms with Crippen molar-refractivity contribution in [1.82, 2.24) is 0 Å². The zero-order chi connectivity index (χ0) is 22.8. The van der Waals surface area contributed by atoms with Crippen molar-refractivity contribution in [1.29, 1.82) is 0 Å². The van der Waals surface area contributed by atoms with E-state index >= 15 is 0 Å². The normalized spacial score (nSPS) is 35.7. The molecule has 0 bridgehead atoms. The Hall–Kier alpha value is -0.790. The van der Waals surface area contributed by atoms with E-state index in [-0.39, 0.29) is 30.5 Å². The SMILES string of the molecule is CCCCCC(C)(C=CC1C(OC2CCCCO2)CC(O)C1CC=O)OC1CCCCO1. The summed E-state index contributed by atoms with van der Waals surface area (Å²) in [6.07, 6.45) is 15.6. The molecule has 2 saturated heterocycles. The first-order valence-corrected chi connectivity index (χ1v) is 12.9. The van der Waals surface area contributed by atoms with E-state index in [1.54, 1.807) is 0 Å². The van der Waals surface area contributed by atoms with Crippen LogP contribution in [0, 0.1) is 11.8 Å². The van der Waals surface area contributed by atoms with E-state index in [1.807, 2.05) is 0 Å². The van der Waals surface area contributed by atoms with E-state index < -0.39 is 11.7 Å². The fourth-order valence-electron chi connectivity index (χ4n) is 5.28. The molecule has 7 atom stereocenters. The number of rotatable bonds is 12. The van der Waals surface area contributed by atoms with Crippen molar-refractivity contribution in [3.8, 4) is 0 Å². The largest absolute Gasteiger partial charge is 0.393 e. The summed E-state index contributed by atoms with van der Waals surface area (Å²) in [5, 5.41) is 10.7. The summed E-state index contributed by atoms with van der Waals surface area (Å²) in [5.41, 5.74) is -0.442. The zero-order valence-corrected chi connectivity index (χ0v) is 20.1. The minimum Gasteiger partial charge on any atom is -0.393 e. The van der Waals surface area contributed by atoms with Crippen LogP contribution >= 0.6 is 0 Å². The lowest BCUT2D eigenvalue weighted by Crippen LogP contribution is -2.36. The average molecular weight is 453 g/mol. The molecule has 2 aliphatic heterocycles. The molecule has 3 rings (SSSR count). The summed E-state index contributed by atoms with van der Waals surface area (Å²) in [6.45, 7) is 5.82. The number of aldehydes is 1. The van der Waals surface area contributed by atoms with E-state index in [1.165, 1.54) is 6.42 Å². The average Bonchev–Trinajstić information content (AvgIpc) is 3.08. The van der Waals surface area contributed by atoms with Crippen LogP contribution in [-0.2, 0) is 23.7 Å². The first-order chi connectivity index (χ1) is 15.5. The van der Waals surface area contributed by atoms with Gasteiger partial charge >= 0.3 is 0 Å². The van der Waals surface area contributed by atoms with Gasteiger partial charge in [-0.2, -0.15) is 0 Å². The van der Waals surface area contributed by atoms with Crippen molar-refractivity contribution in [2.75, 3.05) is 13.2 Å². The molecule has 32 heavy (non-hydrogen) atoms. The van der Waals surface area contributed by atoms with Gasteiger partial charge in [0.1, 0.15) is 6.29 Å². The van der Waals surface area contributed by atoms with Crippen LogP contribution in [-0.4, -0.2) is 55.0 Å². The van der Waals surface area contributed by atoms with Gasteiger partial charge in [-0.3, -0.25) is 0 Å². The van der Waals surface area contributed by atoms with Crippen molar-refractivity contribution in [3.63, 3.8) is 0 Å². The monoisotopic (exact) mass is 452 g/mol. The number of hydrogen-bond donors (Lipinski definition) is 1. The van der Waals surface area contributed by atoms with Gasteiger partial charge in [0.15, 0.2) is 12.6 Å². The van der Waals surface area contributed by atoms with Gasteiger partial charge in [0, 0.05) is 37.9 Å².